The molecule has 3 fully saturated rings. The molecule has 1 aromatic rings. The molecule has 1 aromatic carbocycles. The second-order valence-corrected chi connectivity index (χ2v) is 10.9. The molecular formula is C22H32N2O3S. The lowest BCUT2D eigenvalue weighted by Gasteiger charge is -2.41. The van der Waals surface area contributed by atoms with Crippen molar-refractivity contribution in [3.8, 4) is 0 Å². The van der Waals surface area contributed by atoms with Gasteiger partial charge in [-0.25, -0.2) is 8.42 Å². The lowest BCUT2D eigenvalue weighted by molar-refractivity contribution is 0.0521. The normalized spacial score (nSPS) is 27.4. The third kappa shape index (κ3) is 3.99. The number of nitrogens with zero attached hydrogens (tertiary/aromatic N) is 2. The van der Waals surface area contributed by atoms with E-state index >= 15 is 0 Å². The second-order valence-electron chi connectivity index (χ2n) is 8.96. The van der Waals surface area contributed by atoms with Crippen molar-refractivity contribution in [3.05, 3.63) is 29.8 Å². The summed E-state index contributed by atoms with van der Waals surface area (Å²) in [6.07, 6.45) is 8.09. The van der Waals surface area contributed by atoms with E-state index in [2.05, 4.69) is 6.92 Å². The maximum Gasteiger partial charge on any atom is 0.253 e. The molecule has 2 saturated heterocycles. The Morgan fingerprint density at radius 3 is 2.21 bits per heavy atom. The minimum Gasteiger partial charge on any atom is -0.338 e. The van der Waals surface area contributed by atoms with E-state index in [-0.39, 0.29) is 5.91 Å². The van der Waals surface area contributed by atoms with Gasteiger partial charge in [0.25, 0.3) is 5.91 Å². The van der Waals surface area contributed by atoms with Gasteiger partial charge in [-0.1, -0.05) is 26.2 Å². The van der Waals surface area contributed by atoms with Gasteiger partial charge in [0.1, 0.15) is 0 Å². The number of fused-ring (bicyclic) bond motifs is 1. The Balaban J connectivity index is 1.43. The van der Waals surface area contributed by atoms with E-state index in [4.69, 9.17) is 0 Å². The van der Waals surface area contributed by atoms with Crippen LogP contribution in [0.15, 0.2) is 29.2 Å². The summed E-state index contributed by atoms with van der Waals surface area (Å²) in [6.45, 7) is 5.02. The number of benzene rings is 1. The standard InChI is InChI=1S/C22H32N2O3S/c1-17-10-14-24(15-11-17)28(26,27)21-8-6-19(7-9-21)22(25)23-13-12-18-4-2-3-5-20(18)16-23/h6-9,17-18,20H,2-5,10-16H2,1H3/t18-,20+/m0/s1. The number of sulfonamides is 1. The van der Waals surface area contributed by atoms with E-state index in [1.807, 2.05) is 4.90 Å². The van der Waals surface area contributed by atoms with Crippen LogP contribution in [0.25, 0.3) is 0 Å². The lowest BCUT2D eigenvalue weighted by atomic mass is 9.75. The number of carbonyl (C=O) groups is 1. The van der Waals surface area contributed by atoms with Gasteiger partial charge < -0.3 is 4.90 Å². The summed E-state index contributed by atoms with van der Waals surface area (Å²) in [6, 6.07) is 6.59. The summed E-state index contributed by atoms with van der Waals surface area (Å²) in [5.41, 5.74) is 0.598. The summed E-state index contributed by atoms with van der Waals surface area (Å²) in [5, 5.41) is 0. The first kappa shape index (κ1) is 19.9. The third-order valence-corrected chi connectivity index (χ3v) is 8.97. The Kier molecular flexibility index (Phi) is 5.79. The van der Waals surface area contributed by atoms with Crippen LogP contribution in [-0.2, 0) is 10.0 Å². The summed E-state index contributed by atoms with van der Waals surface area (Å²) in [4.78, 5) is 15.2. The lowest BCUT2D eigenvalue weighted by Crippen LogP contribution is -2.44. The van der Waals surface area contributed by atoms with Crippen molar-refractivity contribution in [2.45, 2.75) is 56.8 Å². The van der Waals surface area contributed by atoms with Gasteiger partial charge in [0.05, 0.1) is 4.90 Å². The molecule has 0 bridgehead atoms. The fourth-order valence-corrected chi connectivity index (χ4v) is 6.58. The highest BCUT2D eigenvalue weighted by Crippen LogP contribution is 2.36. The van der Waals surface area contributed by atoms with Crippen LogP contribution in [-0.4, -0.2) is 49.7 Å². The van der Waals surface area contributed by atoms with Gasteiger partial charge in [-0.3, -0.25) is 4.79 Å². The van der Waals surface area contributed by atoms with E-state index < -0.39 is 10.0 Å². The molecule has 0 N–H and O–H groups in total. The molecule has 2 atom stereocenters. The highest BCUT2D eigenvalue weighted by atomic mass is 32.2. The monoisotopic (exact) mass is 404 g/mol. The average molecular weight is 405 g/mol. The molecule has 0 radical (unpaired) electrons. The molecule has 2 aliphatic heterocycles. The second kappa shape index (κ2) is 8.15. The maximum atomic E-state index is 12.9. The van der Waals surface area contributed by atoms with Crippen LogP contribution in [0.2, 0.25) is 0 Å². The molecule has 1 aliphatic carbocycles. The number of rotatable bonds is 3. The smallest absolute Gasteiger partial charge is 0.253 e. The van der Waals surface area contributed by atoms with Crippen LogP contribution in [0.1, 0.15) is 62.2 Å². The maximum absolute atomic E-state index is 12.9. The molecule has 3 aliphatic rings. The summed E-state index contributed by atoms with van der Waals surface area (Å²) in [7, 11) is -3.46. The number of amides is 1. The zero-order valence-electron chi connectivity index (χ0n) is 16.8. The van der Waals surface area contributed by atoms with Gasteiger partial charge in [-0.15, -0.1) is 0 Å². The fourth-order valence-electron chi connectivity index (χ4n) is 5.11. The Morgan fingerprint density at radius 1 is 0.893 bits per heavy atom. The topological polar surface area (TPSA) is 57.7 Å². The van der Waals surface area contributed by atoms with Crippen LogP contribution in [0.5, 0.6) is 0 Å². The van der Waals surface area contributed by atoms with Crippen LogP contribution in [0.4, 0.5) is 0 Å². The molecule has 154 valence electrons. The molecule has 28 heavy (non-hydrogen) atoms. The molecule has 1 saturated carbocycles. The highest BCUT2D eigenvalue weighted by molar-refractivity contribution is 7.89. The molecule has 6 heteroatoms. The van der Waals surface area contributed by atoms with Crippen molar-refractivity contribution in [1.82, 2.24) is 9.21 Å². The molecular weight excluding hydrogens is 372 g/mol. The fraction of sp³-hybridized carbons (Fsp3) is 0.682. The van der Waals surface area contributed by atoms with Crippen molar-refractivity contribution < 1.29 is 13.2 Å². The van der Waals surface area contributed by atoms with E-state index in [1.54, 1.807) is 28.6 Å². The molecule has 4 rings (SSSR count). The Labute approximate surface area is 169 Å². The molecule has 0 spiro atoms. The summed E-state index contributed by atoms with van der Waals surface area (Å²) >= 11 is 0. The van der Waals surface area contributed by atoms with E-state index in [0.717, 1.165) is 38.3 Å². The van der Waals surface area contributed by atoms with Crippen LogP contribution < -0.4 is 0 Å². The van der Waals surface area contributed by atoms with Crippen molar-refractivity contribution in [1.29, 1.82) is 0 Å². The Bertz CT molecular complexity index is 798. The predicted octanol–water partition coefficient (Wildman–Crippen LogP) is 3.76. The first-order chi connectivity index (χ1) is 13.4. The van der Waals surface area contributed by atoms with Gasteiger partial charge in [-0.05, 0) is 67.7 Å². The number of piperidine rings is 2. The third-order valence-electron chi connectivity index (χ3n) is 7.06. The number of hydrogen-bond acceptors (Lipinski definition) is 3. The van der Waals surface area contributed by atoms with Crippen molar-refractivity contribution in [3.63, 3.8) is 0 Å². The van der Waals surface area contributed by atoms with Crippen LogP contribution in [0, 0.1) is 17.8 Å². The first-order valence-electron chi connectivity index (χ1n) is 10.8. The average Bonchev–Trinajstić information content (AvgIpc) is 2.73. The molecule has 5 nitrogen and oxygen atoms in total. The quantitative estimate of drug-likeness (QED) is 0.771. The van der Waals surface area contributed by atoms with E-state index in [9.17, 15) is 13.2 Å². The Morgan fingerprint density at radius 2 is 1.54 bits per heavy atom. The molecule has 0 aromatic heterocycles. The molecule has 1 amide bonds. The number of likely N-dealkylation sites (tertiary alicyclic amines) is 1. The van der Waals surface area contributed by atoms with Gasteiger partial charge in [0.15, 0.2) is 0 Å². The van der Waals surface area contributed by atoms with Gasteiger partial charge >= 0.3 is 0 Å². The predicted molar refractivity (Wildman–Crippen MR) is 110 cm³/mol. The van der Waals surface area contributed by atoms with Crippen molar-refractivity contribution in [2.24, 2.45) is 17.8 Å². The van der Waals surface area contributed by atoms with Crippen molar-refractivity contribution in [2.75, 3.05) is 26.2 Å². The number of carbonyl (C=O) groups excluding carboxylic acids is 1. The highest BCUT2D eigenvalue weighted by Gasteiger charge is 2.33. The number of hydrogen-bond donors (Lipinski definition) is 0. The van der Waals surface area contributed by atoms with Crippen LogP contribution in [0.3, 0.4) is 0 Å². The SMILES string of the molecule is CC1CCN(S(=O)(=O)c2ccc(C(=O)N3CC[C@@H]4CCCC[C@@H]4C3)cc2)CC1. The summed E-state index contributed by atoms with van der Waals surface area (Å²) in [5.74, 6) is 2.06. The van der Waals surface area contributed by atoms with Gasteiger partial charge in [-0.2, -0.15) is 4.31 Å². The Hall–Kier alpha value is -1.40. The van der Waals surface area contributed by atoms with Gasteiger partial charge in [0, 0.05) is 31.7 Å². The van der Waals surface area contributed by atoms with Crippen LogP contribution >= 0.6 is 0 Å². The zero-order chi connectivity index (χ0) is 19.7. The van der Waals surface area contributed by atoms with E-state index in [0.29, 0.717) is 35.4 Å². The molecule has 2 heterocycles. The van der Waals surface area contributed by atoms with Crippen molar-refractivity contribution >= 4 is 15.9 Å². The zero-order valence-corrected chi connectivity index (χ0v) is 17.7. The van der Waals surface area contributed by atoms with E-state index in [1.165, 1.54) is 25.7 Å². The minimum atomic E-state index is -3.46. The van der Waals surface area contributed by atoms with Gasteiger partial charge in [0.2, 0.25) is 10.0 Å². The molecule has 0 unspecified atom stereocenters. The minimum absolute atomic E-state index is 0.0415. The largest absolute Gasteiger partial charge is 0.338 e. The summed E-state index contributed by atoms with van der Waals surface area (Å²) < 4.78 is 27.3. The first-order valence-corrected chi connectivity index (χ1v) is 12.3.